The average molecular weight is 395 g/mol. The van der Waals surface area contributed by atoms with Crippen molar-refractivity contribution >= 4 is 34.9 Å². The number of fused-ring (bicyclic) bond motifs is 1. The van der Waals surface area contributed by atoms with Gasteiger partial charge in [-0.15, -0.1) is 0 Å². The van der Waals surface area contributed by atoms with E-state index in [9.17, 15) is 9.59 Å². The number of amides is 2. The lowest BCUT2D eigenvalue weighted by atomic mass is 10.0. The zero-order valence-electron chi connectivity index (χ0n) is 15.3. The molecule has 0 bridgehead atoms. The van der Waals surface area contributed by atoms with Crippen LogP contribution in [0.3, 0.4) is 0 Å². The van der Waals surface area contributed by atoms with Gasteiger partial charge in [-0.25, -0.2) is 4.68 Å². The van der Waals surface area contributed by atoms with Gasteiger partial charge >= 0.3 is 0 Å². The van der Waals surface area contributed by atoms with Gasteiger partial charge in [0.05, 0.1) is 12.1 Å². The molecule has 3 aromatic rings. The second-order valence-electron chi connectivity index (χ2n) is 6.60. The Hall–Kier alpha value is -3.12. The SMILES string of the molecule is CCc1nn2c(c1-c1ccccc1)NC(=O)C2CC(=O)Nc1cccc(Cl)c1. The molecule has 0 saturated heterocycles. The van der Waals surface area contributed by atoms with Crippen molar-refractivity contribution in [2.24, 2.45) is 0 Å². The molecule has 0 saturated carbocycles. The topological polar surface area (TPSA) is 76.0 Å². The first-order valence-electron chi connectivity index (χ1n) is 9.10. The molecule has 28 heavy (non-hydrogen) atoms. The Bertz CT molecular complexity index is 1050. The summed E-state index contributed by atoms with van der Waals surface area (Å²) in [5.74, 6) is 0.141. The Morgan fingerprint density at radius 3 is 2.71 bits per heavy atom. The standard InChI is InChI=1S/C21H19ClN4O2/c1-2-16-19(13-7-4-3-5-8-13)20-24-21(28)17(26(20)25-16)12-18(27)23-15-10-6-9-14(22)11-15/h3-11,17H,2,12H2,1H3,(H,23,27)(H,24,28). The minimum absolute atomic E-state index is 0.00951. The molecule has 1 aliphatic rings. The third-order valence-electron chi connectivity index (χ3n) is 4.71. The summed E-state index contributed by atoms with van der Waals surface area (Å²) >= 11 is 5.95. The molecular weight excluding hydrogens is 376 g/mol. The number of hydrogen-bond acceptors (Lipinski definition) is 3. The molecule has 0 fully saturated rings. The number of anilines is 2. The first-order chi connectivity index (χ1) is 13.6. The normalized spacial score (nSPS) is 15.2. The van der Waals surface area contributed by atoms with Crippen molar-refractivity contribution in [2.75, 3.05) is 10.6 Å². The predicted octanol–water partition coefficient (Wildman–Crippen LogP) is 4.29. The molecule has 2 amide bonds. The number of benzene rings is 2. The van der Waals surface area contributed by atoms with Crippen LogP contribution in [0.1, 0.15) is 25.1 Å². The van der Waals surface area contributed by atoms with Crippen LogP contribution >= 0.6 is 11.6 Å². The lowest BCUT2D eigenvalue weighted by Gasteiger charge is -2.10. The van der Waals surface area contributed by atoms with Crippen LogP contribution < -0.4 is 10.6 Å². The number of hydrogen-bond donors (Lipinski definition) is 2. The number of rotatable bonds is 5. The second kappa shape index (κ2) is 7.48. The van der Waals surface area contributed by atoms with E-state index >= 15 is 0 Å². The lowest BCUT2D eigenvalue weighted by Crippen LogP contribution is -2.23. The molecule has 7 heteroatoms. The van der Waals surface area contributed by atoms with Gasteiger partial charge in [0, 0.05) is 16.3 Å². The number of halogens is 1. The van der Waals surface area contributed by atoms with Crippen LogP contribution in [-0.2, 0) is 16.0 Å². The molecule has 6 nitrogen and oxygen atoms in total. The number of carbonyl (C=O) groups is 2. The number of aryl methyl sites for hydroxylation is 1. The Kier molecular flexibility index (Phi) is 4.88. The smallest absolute Gasteiger partial charge is 0.251 e. The van der Waals surface area contributed by atoms with Crippen molar-refractivity contribution < 1.29 is 9.59 Å². The zero-order valence-corrected chi connectivity index (χ0v) is 16.0. The van der Waals surface area contributed by atoms with E-state index in [1.807, 2.05) is 37.3 Å². The summed E-state index contributed by atoms with van der Waals surface area (Å²) in [6.45, 7) is 2.02. The van der Waals surface area contributed by atoms with Crippen molar-refractivity contribution in [1.82, 2.24) is 9.78 Å². The Morgan fingerprint density at radius 2 is 2.00 bits per heavy atom. The molecule has 142 valence electrons. The van der Waals surface area contributed by atoms with E-state index in [-0.39, 0.29) is 18.2 Å². The molecule has 2 heterocycles. The average Bonchev–Trinajstić information content (AvgIpc) is 3.18. The minimum atomic E-state index is -0.683. The Morgan fingerprint density at radius 1 is 1.21 bits per heavy atom. The molecule has 2 aromatic carbocycles. The third kappa shape index (κ3) is 3.39. The lowest BCUT2D eigenvalue weighted by molar-refractivity contribution is -0.123. The summed E-state index contributed by atoms with van der Waals surface area (Å²) in [4.78, 5) is 25.0. The van der Waals surface area contributed by atoms with E-state index in [4.69, 9.17) is 11.6 Å². The van der Waals surface area contributed by atoms with Crippen LogP contribution in [0.4, 0.5) is 11.5 Å². The van der Waals surface area contributed by atoms with E-state index in [1.54, 1.807) is 28.9 Å². The van der Waals surface area contributed by atoms with Gasteiger partial charge in [0.2, 0.25) is 5.91 Å². The predicted molar refractivity (Wildman–Crippen MR) is 109 cm³/mol. The maximum Gasteiger partial charge on any atom is 0.251 e. The van der Waals surface area contributed by atoms with Gasteiger partial charge in [0.25, 0.3) is 5.91 Å². The van der Waals surface area contributed by atoms with E-state index < -0.39 is 6.04 Å². The van der Waals surface area contributed by atoms with E-state index in [0.717, 1.165) is 23.2 Å². The van der Waals surface area contributed by atoms with Gasteiger partial charge in [-0.1, -0.05) is 54.9 Å². The van der Waals surface area contributed by atoms with Gasteiger partial charge in [-0.2, -0.15) is 5.10 Å². The molecule has 0 radical (unpaired) electrons. The van der Waals surface area contributed by atoms with Gasteiger partial charge in [0.1, 0.15) is 11.9 Å². The van der Waals surface area contributed by atoms with Crippen LogP contribution in [0.15, 0.2) is 54.6 Å². The summed E-state index contributed by atoms with van der Waals surface area (Å²) in [6.07, 6.45) is 0.714. The fourth-order valence-electron chi connectivity index (χ4n) is 3.43. The van der Waals surface area contributed by atoms with E-state index in [2.05, 4.69) is 15.7 Å². The summed E-state index contributed by atoms with van der Waals surface area (Å²) in [5, 5.41) is 10.8. The molecule has 2 N–H and O–H groups in total. The molecule has 0 spiro atoms. The van der Waals surface area contributed by atoms with Crippen molar-refractivity contribution in [3.05, 3.63) is 65.3 Å². The molecule has 1 atom stereocenters. The highest BCUT2D eigenvalue weighted by Gasteiger charge is 2.36. The van der Waals surface area contributed by atoms with E-state index in [0.29, 0.717) is 16.5 Å². The van der Waals surface area contributed by atoms with Gasteiger partial charge in [0.15, 0.2) is 0 Å². The minimum Gasteiger partial charge on any atom is -0.326 e. The highest BCUT2D eigenvalue weighted by Crippen LogP contribution is 2.38. The molecule has 1 aliphatic heterocycles. The monoisotopic (exact) mass is 394 g/mol. The largest absolute Gasteiger partial charge is 0.326 e. The number of nitrogens with zero attached hydrogens (tertiary/aromatic N) is 2. The van der Waals surface area contributed by atoms with Gasteiger partial charge in [-0.3, -0.25) is 9.59 Å². The Balaban J connectivity index is 1.61. The fourth-order valence-corrected chi connectivity index (χ4v) is 3.62. The summed E-state index contributed by atoms with van der Waals surface area (Å²) in [6, 6.07) is 16.0. The zero-order chi connectivity index (χ0) is 19.7. The van der Waals surface area contributed by atoms with Crippen LogP contribution in [-0.4, -0.2) is 21.6 Å². The third-order valence-corrected chi connectivity index (χ3v) is 4.94. The Labute approximate surface area is 167 Å². The molecule has 1 aromatic heterocycles. The first-order valence-corrected chi connectivity index (χ1v) is 9.47. The maximum absolute atomic E-state index is 12.5. The van der Waals surface area contributed by atoms with Crippen molar-refractivity contribution in [1.29, 1.82) is 0 Å². The highest BCUT2D eigenvalue weighted by atomic mass is 35.5. The number of aromatic nitrogens is 2. The molecule has 0 aliphatic carbocycles. The van der Waals surface area contributed by atoms with Crippen molar-refractivity contribution in [3.8, 4) is 11.1 Å². The highest BCUT2D eigenvalue weighted by molar-refractivity contribution is 6.30. The van der Waals surface area contributed by atoms with Gasteiger partial charge < -0.3 is 10.6 Å². The van der Waals surface area contributed by atoms with Crippen LogP contribution in [0.25, 0.3) is 11.1 Å². The summed E-state index contributed by atoms with van der Waals surface area (Å²) < 4.78 is 1.64. The maximum atomic E-state index is 12.5. The molecule has 4 rings (SSSR count). The molecule has 1 unspecified atom stereocenters. The number of carbonyl (C=O) groups excluding carboxylic acids is 2. The first kappa shape index (κ1) is 18.3. The van der Waals surface area contributed by atoms with Crippen molar-refractivity contribution in [2.45, 2.75) is 25.8 Å². The number of nitrogens with one attached hydrogen (secondary N) is 2. The van der Waals surface area contributed by atoms with Gasteiger partial charge in [-0.05, 0) is 30.2 Å². The molecular formula is C21H19ClN4O2. The van der Waals surface area contributed by atoms with Crippen LogP contribution in [0.5, 0.6) is 0 Å². The summed E-state index contributed by atoms with van der Waals surface area (Å²) in [7, 11) is 0. The van der Waals surface area contributed by atoms with E-state index in [1.165, 1.54) is 0 Å². The quantitative estimate of drug-likeness (QED) is 0.677. The van der Waals surface area contributed by atoms with Crippen LogP contribution in [0.2, 0.25) is 5.02 Å². The summed E-state index contributed by atoms with van der Waals surface area (Å²) in [5.41, 5.74) is 3.39. The van der Waals surface area contributed by atoms with Crippen LogP contribution in [0, 0.1) is 0 Å². The fraction of sp³-hybridized carbons (Fsp3) is 0.190. The van der Waals surface area contributed by atoms with Crippen molar-refractivity contribution in [3.63, 3.8) is 0 Å². The second-order valence-corrected chi connectivity index (χ2v) is 7.04.